The summed E-state index contributed by atoms with van der Waals surface area (Å²) >= 11 is 0. The first-order chi connectivity index (χ1) is 5.13. The van der Waals surface area contributed by atoms with Gasteiger partial charge < -0.3 is 5.73 Å². The van der Waals surface area contributed by atoms with Gasteiger partial charge in [0.15, 0.2) is 0 Å². The third-order valence-electron chi connectivity index (χ3n) is 1.39. The summed E-state index contributed by atoms with van der Waals surface area (Å²) < 4.78 is 0. The van der Waals surface area contributed by atoms with Crippen LogP contribution in [0.25, 0.3) is 0 Å². The number of allylic oxidation sites excluding steroid dienone is 1. The zero-order valence-corrected chi connectivity index (χ0v) is 6.06. The molecule has 0 aromatic heterocycles. The molecule has 1 aliphatic heterocycles. The highest BCUT2D eigenvalue weighted by Crippen LogP contribution is 2.09. The molecular formula is C6H9N3O2. The summed E-state index contributed by atoms with van der Waals surface area (Å²) in [6.45, 7) is 1.65. The van der Waals surface area contributed by atoms with E-state index in [9.17, 15) is 4.79 Å². The second-order valence-electron chi connectivity index (χ2n) is 2.19. The molecular weight excluding hydrogens is 146 g/mol. The Morgan fingerprint density at radius 1 is 1.91 bits per heavy atom. The molecule has 1 aliphatic rings. The van der Waals surface area contributed by atoms with Gasteiger partial charge in [-0.05, 0) is 13.0 Å². The standard InChI is InChI=1S/C6H9N3O2/c1-4-8-3-2-5(6(7)10)9(4)11/h2-4,11H,1H3,(H2,7,10). The van der Waals surface area contributed by atoms with Crippen molar-refractivity contribution in [2.75, 3.05) is 0 Å². The maximum Gasteiger partial charge on any atom is 0.267 e. The Labute approximate surface area is 63.8 Å². The summed E-state index contributed by atoms with van der Waals surface area (Å²) in [7, 11) is 0. The van der Waals surface area contributed by atoms with Crippen LogP contribution in [0.2, 0.25) is 0 Å². The molecule has 11 heavy (non-hydrogen) atoms. The van der Waals surface area contributed by atoms with Crippen molar-refractivity contribution in [1.29, 1.82) is 0 Å². The van der Waals surface area contributed by atoms with E-state index in [2.05, 4.69) is 4.99 Å². The molecule has 0 spiro atoms. The zero-order chi connectivity index (χ0) is 8.43. The van der Waals surface area contributed by atoms with E-state index in [1.807, 2.05) is 0 Å². The minimum atomic E-state index is -0.662. The number of carbonyl (C=O) groups excluding carboxylic acids is 1. The lowest BCUT2D eigenvalue weighted by Crippen LogP contribution is -2.36. The average Bonchev–Trinajstić information content (AvgIpc) is 1.94. The molecule has 1 amide bonds. The average molecular weight is 155 g/mol. The minimum Gasteiger partial charge on any atom is -0.364 e. The summed E-state index contributed by atoms with van der Waals surface area (Å²) in [6, 6.07) is 0. The number of aliphatic imine (C=N–C) groups is 1. The molecule has 1 heterocycles. The summed E-state index contributed by atoms with van der Waals surface area (Å²) in [5, 5.41) is 9.90. The summed E-state index contributed by atoms with van der Waals surface area (Å²) in [4.78, 5) is 14.4. The van der Waals surface area contributed by atoms with Crippen molar-refractivity contribution in [2.45, 2.75) is 13.1 Å². The number of nitrogens with zero attached hydrogens (tertiary/aromatic N) is 2. The van der Waals surface area contributed by atoms with Gasteiger partial charge >= 0.3 is 0 Å². The van der Waals surface area contributed by atoms with Gasteiger partial charge in [0, 0.05) is 6.21 Å². The molecule has 1 unspecified atom stereocenters. The molecule has 3 N–H and O–H groups in total. The number of nitrogens with two attached hydrogens (primary N) is 1. The second-order valence-corrected chi connectivity index (χ2v) is 2.19. The normalized spacial score (nSPS) is 23.3. The Morgan fingerprint density at radius 3 is 3.00 bits per heavy atom. The van der Waals surface area contributed by atoms with E-state index in [0.29, 0.717) is 0 Å². The highest BCUT2D eigenvalue weighted by molar-refractivity contribution is 5.96. The maximum absolute atomic E-state index is 10.6. The molecule has 1 rings (SSSR count). The van der Waals surface area contributed by atoms with Gasteiger partial charge in [0.2, 0.25) is 0 Å². The molecule has 0 aromatic carbocycles. The van der Waals surface area contributed by atoms with Crippen LogP contribution in [0.3, 0.4) is 0 Å². The first-order valence-electron chi connectivity index (χ1n) is 3.14. The van der Waals surface area contributed by atoms with Crippen molar-refractivity contribution >= 4 is 12.1 Å². The van der Waals surface area contributed by atoms with Crippen LogP contribution >= 0.6 is 0 Å². The van der Waals surface area contributed by atoms with Crippen LogP contribution in [0.1, 0.15) is 6.92 Å². The molecule has 0 fully saturated rings. The van der Waals surface area contributed by atoms with Gasteiger partial charge in [-0.3, -0.25) is 15.0 Å². The molecule has 5 heteroatoms. The highest BCUT2D eigenvalue weighted by atomic mass is 16.5. The van der Waals surface area contributed by atoms with Gasteiger partial charge in [-0.15, -0.1) is 0 Å². The number of hydroxylamine groups is 2. The smallest absolute Gasteiger partial charge is 0.267 e. The molecule has 60 valence electrons. The van der Waals surface area contributed by atoms with Crippen LogP contribution in [-0.4, -0.2) is 28.6 Å². The maximum atomic E-state index is 10.6. The number of amides is 1. The predicted molar refractivity (Wildman–Crippen MR) is 38.9 cm³/mol. The number of hydrogen-bond donors (Lipinski definition) is 2. The van der Waals surface area contributed by atoms with Crippen molar-refractivity contribution in [1.82, 2.24) is 5.06 Å². The van der Waals surface area contributed by atoms with E-state index < -0.39 is 12.1 Å². The van der Waals surface area contributed by atoms with Gasteiger partial charge in [-0.2, -0.15) is 0 Å². The van der Waals surface area contributed by atoms with Gasteiger partial charge in [0.05, 0.1) is 0 Å². The van der Waals surface area contributed by atoms with Gasteiger partial charge in [-0.25, -0.2) is 5.06 Å². The lowest BCUT2D eigenvalue weighted by atomic mass is 10.3. The highest BCUT2D eigenvalue weighted by Gasteiger charge is 2.19. The third-order valence-corrected chi connectivity index (χ3v) is 1.39. The van der Waals surface area contributed by atoms with Crippen molar-refractivity contribution in [3.63, 3.8) is 0 Å². The molecule has 0 radical (unpaired) electrons. The molecule has 0 saturated carbocycles. The number of hydrogen-bond acceptors (Lipinski definition) is 4. The fraction of sp³-hybridized carbons (Fsp3) is 0.333. The molecule has 1 atom stereocenters. The van der Waals surface area contributed by atoms with Gasteiger partial charge in [0.25, 0.3) is 5.91 Å². The van der Waals surface area contributed by atoms with Crippen molar-refractivity contribution < 1.29 is 10.0 Å². The summed E-state index contributed by atoms with van der Waals surface area (Å²) in [5.41, 5.74) is 5.01. The van der Waals surface area contributed by atoms with E-state index in [4.69, 9.17) is 10.9 Å². The second kappa shape index (κ2) is 2.71. The van der Waals surface area contributed by atoms with E-state index in [0.717, 1.165) is 5.06 Å². The van der Waals surface area contributed by atoms with E-state index in [1.54, 1.807) is 6.92 Å². The fourth-order valence-electron chi connectivity index (χ4n) is 0.774. The Hall–Kier alpha value is -1.36. The first-order valence-corrected chi connectivity index (χ1v) is 3.14. The Balaban J connectivity index is 2.87. The van der Waals surface area contributed by atoms with E-state index >= 15 is 0 Å². The lowest BCUT2D eigenvalue weighted by Gasteiger charge is -2.23. The van der Waals surface area contributed by atoms with Crippen LogP contribution in [0.5, 0.6) is 0 Å². The van der Waals surface area contributed by atoms with Crippen molar-refractivity contribution in [3.8, 4) is 0 Å². The van der Waals surface area contributed by atoms with E-state index in [-0.39, 0.29) is 5.70 Å². The monoisotopic (exact) mass is 155 g/mol. The van der Waals surface area contributed by atoms with Crippen LogP contribution in [0.15, 0.2) is 16.8 Å². The van der Waals surface area contributed by atoms with Crippen LogP contribution < -0.4 is 5.73 Å². The number of primary amides is 1. The molecule has 0 saturated heterocycles. The lowest BCUT2D eigenvalue weighted by molar-refractivity contribution is -0.129. The molecule has 0 aliphatic carbocycles. The molecule has 0 aromatic rings. The Morgan fingerprint density at radius 2 is 2.55 bits per heavy atom. The quantitative estimate of drug-likeness (QED) is 0.534. The SMILES string of the molecule is CC1N=CC=C(C(N)=O)N1O. The Bertz CT molecular complexity index is 234. The van der Waals surface area contributed by atoms with Gasteiger partial charge in [0.1, 0.15) is 11.9 Å². The van der Waals surface area contributed by atoms with Crippen LogP contribution in [0.4, 0.5) is 0 Å². The zero-order valence-electron chi connectivity index (χ0n) is 6.06. The Kier molecular flexibility index (Phi) is 1.91. The first kappa shape index (κ1) is 7.74. The topological polar surface area (TPSA) is 78.9 Å². The summed E-state index contributed by atoms with van der Waals surface area (Å²) in [6.07, 6.45) is 2.36. The summed E-state index contributed by atoms with van der Waals surface area (Å²) in [5.74, 6) is -0.662. The number of rotatable bonds is 1. The molecule has 5 nitrogen and oxygen atoms in total. The van der Waals surface area contributed by atoms with Crippen LogP contribution in [0, 0.1) is 0 Å². The van der Waals surface area contributed by atoms with Crippen LogP contribution in [-0.2, 0) is 4.79 Å². The van der Waals surface area contributed by atoms with Gasteiger partial charge in [-0.1, -0.05) is 0 Å². The minimum absolute atomic E-state index is 0.0625. The third kappa shape index (κ3) is 1.38. The molecule has 0 bridgehead atoms. The predicted octanol–water partition coefficient (Wildman–Crippen LogP) is -0.523. The van der Waals surface area contributed by atoms with Crippen molar-refractivity contribution in [3.05, 3.63) is 11.8 Å². The van der Waals surface area contributed by atoms with Crippen molar-refractivity contribution in [2.24, 2.45) is 10.7 Å². The van der Waals surface area contributed by atoms with E-state index in [1.165, 1.54) is 12.3 Å². The fourth-order valence-corrected chi connectivity index (χ4v) is 0.774. The number of carbonyl (C=O) groups is 1. The largest absolute Gasteiger partial charge is 0.364 e.